The highest BCUT2D eigenvalue weighted by Gasteiger charge is 2.05. The van der Waals surface area contributed by atoms with Crippen molar-refractivity contribution in [1.29, 1.82) is 0 Å². The summed E-state index contributed by atoms with van der Waals surface area (Å²) in [5.41, 5.74) is 1.17. The van der Waals surface area contributed by atoms with E-state index in [1.54, 1.807) is 11.3 Å². The molecule has 124 valence electrons. The van der Waals surface area contributed by atoms with Gasteiger partial charge >= 0.3 is 0 Å². The monoisotopic (exact) mass is 338 g/mol. The SMILES string of the molecule is CCNC(=NCc1cc(F)ccc1F)NCc1csc(CC)n1. The summed E-state index contributed by atoms with van der Waals surface area (Å²) < 4.78 is 26.8. The van der Waals surface area contributed by atoms with Gasteiger partial charge in [0.05, 0.1) is 23.8 Å². The first-order valence-corrected chi connectivity index (χ1v) is 8.39. The second-order valence-electron chi connectivity index (χ2n) is 4.87. The van der Waals surface area contributed by atoms with Crippen LogP contribution < -0.4 is 10.6 Å². The molecular weight excluding hydrogens is 318 g/mol. The van der Waals surface area contributed by atoms with Crippen LogP contribution >= 0.6 is 11.3 Å². The second-order valence-corrected chi connectivity index (χ2v) is 5.81. The lowest BCUT2D eigenvalue weighted by Crippen LogP contribution is -2.36. The fourth-order valence-electron chi connectivity index (χ4n) is 1.94. The Bertz CT molecular complexity index is 670. The Kier molecular flexibility index (Phi) is 6.46. The van der Waals surface area contributed by atoms with Crippen LogP contribution in [0, 0.1) is 11.6 Å². The number of aromatic nitrogens is 1. The first-order valence-electron chi connectivity index (χ1n) is 7.51. The lowest BCUT2D eigenvalue weighted by Gasteiger charge is -2.10. The summed E-state index contributed by atoms with van der Waals surface area (Å²) in [5.74, 6) is -0.385. The summed E-state index contributed by atoms with van der Waals surface area (Å²) in [6.45, 7) is 5.28. The largest absolute Gasteiger partial charge is 0.357 e. The minimum absolute atomic E-state index is 0.0657. The van der Waals surface area contributed by atoms with E-state index in [0.29, 0.717) is 19.0 Å². The predicted molar refractivity (Wildman–Crippen MR) is 89.5 cm³/mol. The fourth-order valence-corrected chi connectivity index (χ4v) is 2.68. The smallest absolute Gasteiger partial charge is 0.191 e. The lowest BCUT2D eigenvalue weighted by molar-refractivity contribution is 0.585. The van der Waals surface area contributed by atoms with Gasteiger partial charge in [-0.3, -0.25) is 0 Å². The maximum absolute atomic E-state index is 13.6. The Hall–Kier alpha value is -2.02. The number of guanidine groups is 1. The van der Waals surface area contributed by atoms with Gasteiger partial charge in [0, 0.05) is 17.5 Å². The van der Waals surface area contributed by atoms with Crippen molar-refractivity contribution in [2.75, 3.05) is 6.54 Å². The van der Waals surface area contributed by atoms with Gasteiger partial charge in [0.25, 0.3) is 0 Å². The van der Waals surface area contributed by atoms with E-state index in [2.05, 4.69) is 27.5 Å². The minimum atomic E-state index is -0.468. The second kappa shape index (κ2) is 8.57. The molecule has 0 fully saturated rings. The van der Waals surface area contributed by atoms with Gasteiger partial charge in [0.1, 0.15) is 11.6 Å². The number of aliphatic imine (C=N–C) groups is 1. The molecule has 0 amide bonds. The molecule has 2 aromatic rings. The molecule has 0 radical (unpaired) electrons. The van der Waals surface area contributed by atoms with Crippen molar-refractivity contribution in [2.24, 2.45) is 4.99 Å². The predicted octanol–water partition coefficient (Wildman–Crippen LogP) is 3.24. The van der Waals surface area contributed by atoms with Crippen LogP contribution in [0.3, 0.4) is 0 Å². The van der Waals surface area contributed by atoms with Crippen LogP contribution in [0.1, 0.15) is 30.1 Å². The summed E-state index contributed by atoms with van der Waals surface area (Å²) >= 11 is 1.63. The molecule has 7 heteroatoms. The van der Waals surface area contributed by atoms with Gasteiger partial charge < -0.3 is 10.6 Å². The number of nitrogens with zero attached hydrogens (tertiary/aromatic N) is 2. The van der Waals surface area contributed by atoms with Crippen LogP contribution in [0.25, 0.3) is 0 Å². The average Bonchev–Trinajstić information content (AvgIpc) is 3.01. The van der Waals surface area contributed by atoms with Crippen molar-refractivity contribution in [3.05, 3.63) is 51.5 Å². The number of aryl methyl sites for hydroxylation is 1. The number of nitrogens with one attached hydrogen (secondary N) is 2. The Morgan fingerprint density at radius 1 is 1.26 bits per heavy atom. The van der Waals surface area contributed by atoms with Gasteiger partial charge in [-0.05, 0) is 31.5 Å². The Balaban J connectivity index is 2.00. The highest BCUT2D eigenvalue weighted by atomic mass is 32.1. The third-order valence-corrected chi connectivity index (χ3v) is 4.14. The summed E-state index contributed by atoms with van der Waals surface area (Å²) in [4.78, 5) is 8.76. The maximum Gasteiger partial charge on any atom is 0.191 e. The molecule has 0 atom stereocenters. The molecule has 0 aliphatic carbocycles. The van der Waals surface area contributed by atoms with Crippen molar-refractivity contribution in [2.45, 2.75) is 33.4 Å². The lowest BCUT2D eigenvalue weighted by atomic mass is 10.2. The number of halogens is 2. The Morgan fingerprint density at radius 3 is 2.78 bits per heavy atom. The third kappa shape index (κ3) is 5.28. The molecule has 4 nitrogen and oxygen atoms in total. The molecule has 0 aliphatic heterocycles. The standard InChI is InChI=1S/C16H20F2N4S/c1-3-15-22-13(10-23-15)9-21-16(19-4-2)20-8-11-7-12(17)5-6-14(11)18/h5-7,10H,3-4,8-9H2,1-2H3,(H2,19,20,21). The van der Waals surface area contributed by atoms with Crippen molar-refractivity contribution in [3.63, 3.8) is 0 Å². The zero-order valence-corrected chi connectivity index (χ0v) is 14.0. The Morgan fingerprint density at radius 2 is 2.09 bits per heavy atom. The molecule has 2 N–H and O–H groups in total. The van der Waals surface area contributed by atoms with Crippen molar-refractivity contribution >= 4 is 17.3 Å². The number of hydrogen-bond acceptors (Lipinski definition) is 3. The zero-order chi connectivity index (χ0) is 16.7. The molecule has 1 heterocycles. The molecule has 0 unspecified atom stereocenters. The molecule has 0 spiro atoms. The quantitative estimate of drug-likeness (QED) is 0.628. The van der Waals surface area contributed by atoms with Gasteiger partial charge in [-0.1, -0.05) is 6.92 Å². The fraction of sp³-hybridized carbons (Fsp3) is 0.375. The van der Waals surface area contributed by atoms with Crippen LogP contribution in [-0.2, 0) is 19.5 Å². The summed E-state index contributed by atoms with van der Waals surface area (Å²) in [7, 11) is 0. The van der Waals surface area contributed by atoms with E-state index in [1.165, 1.54) is 0 Å². The van der Waals surface area contributed by atoms with Crippen LogP contribution in [0.2, 0.25) is 0 Å². The number of hydrogen-bond donors (Lipinski definition) is 2. The van der Waals surface area contributed by atoms with Crippen molar-refractivity contribution in [1.82, 2.24) is 15.6 Å². The zero-order valence-electron chi connectivity index (χ0n) is 13.2. The van der Waals surface area contributed by atoms with E-state index >= 15 is 0 Å². The Labute approximate surface area is 138 Å². The highest BCUT2D eigenvalue weighted by Crippen LogP contribution is 2.11. The van der Waals surface area contributed by atoms with E-state index in [1.807, 2.05) is 12.3 Å². The molecule has 0 saturated carbocycles. The van der Waals surface area contributed by atoms with Crippen LogP contribution in [0.5, 0.6) is 0 Å². The van der Waals surface area contributed by atoms with E-state index in [-0.39, 0.29) is 12.1 Å². The summed E-state index contributed by atoms with van der Waals surface area (Å²) in [5, 5.41) is 9.31. The summed E-state index contributed by atoms with van der Waals surface area (Å²) in [6, 6.07) is 3.37. The van der Waals surface area contributed by atoms with Gasteiger partial charge in [-0.2, -0.15) is 0 Å². The first kappa shape index (κ1) is 17.3. The number of rotatable bonds is 6. The van der Waals surface area contributed by atoms with E-state index < -0.39 is 11.6 Å². The van der Waals surface area contributed by atoms with Crippen LogP contribution in [-0.4, -0.2) is 17.5 Å². The third-order valence-electron chi connectivity index (χ3n) is 3.10. The topological polar surface area (TPSA) is 49.3 Å². The molecule has 1 aromatic carbocycles. The molecule has 0 saturated heterocycles. The molecule has 0 aliphatic rings. The van der Waals surface area contributed by atoms with Gasteiger partial charge in [-0.15, -0.1) is 11.3 Å². The first-order chi connectivity index (χ1) is 11.1. The maximum atomic E-state index is 13.6. The highest BCUT2D eigenvalue weighted by molar-refractivity contribution is 7.09. The van der Waals surface area contributed by atoms with Gasteiger partial charge in [0.15, 0.2) is 5.96 Å². The number of thiazole rings is 1. The van der Waals surface area contributed by atoms with Gasteiger partial charge in [-0.25, -0.2) is 18.8 Å². The molecule has 1 aromatic heterocycles. The van der Waals surface area contributed by atoms with E-state index in [4.69, 9.17) is 0 Å². The normalized spacial score (nSPS) is 11.6. The molecular formula is C16H20F2N4S. The van der Waals surface area contributed by atoms with E-state index in [0.717, 1.165) is 35.3 Å². The average molecular weight is 338 g/mol. The minimum Gasteiger partial charge on any atom is -0.357 e. The molecule has 0 bridgehead atoms. The van der Waals surface area contributed by atoms with Crippen LogP contribution in [0.15, 0.2) is 28.6 Å². The molecule has 23 heavy (non-hydrogen) atoms. The van der Waals surface area contributed by atoms with Gasteiger partial charge in [0.2, 0.25) is 0 Å². The van der Waals surface area contributed by atoms with Crippen molar-refractivity contribution in [3.8, 4) is 0 Å². The molecule has 2 rings (SSSR count). The van der Waals surface area contributed by atoms with Crippen molar-refractivity contribution < 1.29 is 8.78 Å². The van der Waals surface area contributed by atoms with E-state index in [9.17, 15) is 8.78 Å². The number of benzene rings is 1. The summed E-state index contributed by atoms with van der Waals surface area (Å²) in [6.07, 6.45) is 0.914. The van der Waals surface area contributed by atoms with Crippen LogP contribution in [0.4, 0.5) is 8.78 Å².